The van der Waals surface area contributed by atoms with Crippen molar-refractivity contribution in [2.75, 3.05) is 46.4 Å². The number of thioether (sulfide) groups is 1. The van der Waals surface area contributed by atoms with Crippen molar-refractivity contribution < 1.29 is 28.4 Å². The predicted octanol–water partition coefficient (Wildman–Crippen LogP) is 3.41. The van der Waals surface area contributed by atoms with Gasteiger partial charge in [0.15, 0.2) is 5.16 Å². The number of rotatable bonds is 6. The quantitative estimate of drug-likeness (QED) is 0.476. The number of benzene rings is 1. The Labute approximate surface area is 191 Å². The van der Waals surface area contributed by atoms with E-state index in [2.05, 4.69) is 4.98 Å². The average molecular weight is 461 g/mol. The van der Waals surface area contributed by atoms with Gasteiger partial charge in [0.1, 0.15) is 18.0 Å². The zero-order valence-electron chi connectivity index (χ0n) is 18.4. The summed E-state index contributed by atoms with van der Waals surface area (Å²) in [6.07, 6.45) is 4.16. The minimum absolute atomic E-state index is 0.360. The van der Waals surface area contributed by atoms with Crippen LogP contribution in [-0.2, 0) is 36.9 Å². The highest BCUT2D eigenvalue weighted by Gasteiger charge is 2.43. The molecule has 9 heteroatoms. The lowest BCUT2D eigenvalue weighted by Gasteiger charge is -2.35. The Bertz CT molecular complexity index is 959. The van der Waals surface area contributed by atoms with Gasteiger partial charge in [0, 0.05) is 45.7 Å². The molecule has 5 rings (SSSR count). The Hall–Kier alpha value is -1.91. The maximum atomic E-state index is 6.09. The lowest BCUT2D eigenvalue weighted by Crippen LogP contribution is -2.36. The van der Waals surface area contributed by atoms with Crippen molar-refractivity contribution in [1.29, 1.82) is 0 Å². The third-order valence-electron chi connectivity index (χ3n) is 6.31. The van der Waals surface area contributed by atoms with E-state index < -0.39 is 11.4 Å². The van der Waals surface area contributed by atoms with Crippen LogP contribution in [0.2, 0.25) is 0 Å². The van der Waals surface area contributed by atoms with Gasteiger partial charge >= 0.3 is 0 Å². The molecule has 2 fully saturated rings. The van der Waals surface area contributed by atoms with Crippen LogP contribution in [0.15, 0.2) is 29.4 Å². The smallest absolute Gasteiger partial charge is 0.218 e. The minimum Gasteiger partial charge on any atom is -0.493 e. The standard InChI is InChI=1S/C23H28N2O6S/c1-26-22(5-8-27-9-6-22)19-14-20(25-21(24-19)32-2)29-15-16-3-4-17-18(13-16)28-10-7-23(17)30-11-12-31-23/h3-4,13-14H,5-12,15H2,1-2H3. The highest BCUT2D eigenvalue weighted by atomic mass is 32.2. The zero-order chi connectivity index (χ0) is 22.0. The van der Waals surface area contributed by atoms with Crippen LogP contribution in [-0.4, -0.2) is 56.4 Å². The van der Waals surface area contributed by atoms with Crippen molar-refractivity contribution in [2.45, 2.75) is 42.4 Å². The molecule has 0 saturated carbocycles. The first-order chi connectivity index (χ1) is 15.7. The number of fused-ring (bicyclic) bond motifs is 2. The van der Waals surface area contributed by atoms with Gasteiger partial charge in [0.2, 0.25) is 11.7 Å². The van der Waals surface area contributed by atoms with E-state index in [1.807, 2.05) is 30.5 Å². The van der Waals surface area contributed by atoms with Gasteiger partial charge in [-0.1, -0.05) is 17.8 Å². The molecule has 0 amide bonds. The highest BCUT2D eigenvalue weighted by Crippen LogP contribution is 2.43. The molecule has 3 aliphatic heterocycles. The van der Waals surface area contributed by atoms with Crippen molar-refractivity contribution in [2.24, 2.45) is 0 Å². The second-order valence-electron chi connectivity index (χ2n) is 8.06. The van der Waals surface area contributed by atoms with Crippen LogP contribution < -0.4 is 9.47 Å². The molecule has 3 aliphatic rings. The van der Waals surface area contributed by atoms with Crippen LogP contribution in [0.5, 0.6) is 11.6 Å². The van der Waals surface area contributed by atoms with Crippen molar-refractivity contribution in [3.05, 3.63) is 41.1 Å². The monoisotopic (exact) mass is 460 g/mol. The lowest BCUT2D eigenvalue weighted by molar-refractivity contribution is -0.183. The van der Waals surface area contributed by atoms with Crippen LogP contribution >= 0.6 is 11.8 Å². The average Bonchev–Trinajstić information content (AvgIpc) is 3.32. The summed E-state index contributed by atoms with van der Waals surface area (Å²) in [4.78, 5) is 9.26. The summed E-state index contributed by atoms with van der Waals surface area (Å²) in [6.45, 7) is 3.42. The molecule has 0 atom stereocenters. The molecule has 0 unspecified atom stereocenters. The number of hydrogen-bond donors (Lipinski definition) is 0. The van der Waals surface area contributed by atoms with Gasteiger partial charge in [0.05, 0.1) is 31.1 Å². The molecule has 0 bridgehead atoms. The summed E-state index contributed by atoms with van der Waals surface area (Å²) in [6, 6.07) is 7.92. The van der Waals surface area contributed by atoms with E-state index in [0.717, 1.165) is 35.4 Å². The summed E-state index contributed by atoms with van der Waals surface area (Å²) in [5.74, 6) is 0.646. The van der Waals surface area contributed by atoms with Crippen molar-refractivity contribution in [3.63, 3.8) is 0 Å². The molecule has 0 aliphatic carbocycles. The van der Waals surface area contributed by atoms with Crippen LogP contribution in [0.3, 0.4) is 0 Å². The summed E-state index contributed by atoms with van der Waals surface area (Å²) >= 11 is 1.48. The Balaban J connectivity index is 1.36. The molecule has 4 heterocycles. The summed E-state index contributed by atoms with van der Waals surface area (Å²) in [5.41, 5.74) is 2.29. The van der Waals surface area contributed by atoms with Crippen molar-refractivity contribution in [3.8, 4) is 11.6 Å². The number of methoxy groups -OCH3 is 1. The van der Waals surface area contributed by atoms with Crippen molar-refractivity contribution in [1.82, 2.24) is 9.97 Å². The second-order valence-corrected chi connectivity index (χ2v) is 8.83. The summed E-state index contributed by atoms with van der Waals surface area (Å²) < 4.78 is 35.3. The van der Waals surface area contributed by atoms with Gasteiger partial charge in [-0.25, -0.2) is 4.98 Å². The van der Waals surface area contributed by atoms with E-state index in [-0.39, 0.29) is 0 Å². The summed E-state index contributed by atoms with van der Waals surface area (Å²) in [7, 11) is 1.73. The fourth-order valence-electron chi connectivity index (χ4n) is 4.50. The number of nitrogens with zero attached hydrogens (tertiary/aromatic N) is 2. The van der Waals surface area contributed by atoms with E-state index in [1.54, 1.807) is 7.11 Å². The van der Waals surface area contributed by atoms with E-state index in [9.17, 15) is 0 Å². The zero-order valence-corrected chi connectivity index (χ0v) is 19.2. The van der Waals surface area contributed by atoms with Crippen LogP contribution in [0, 0.1) is 0 Å². The van der Waals surface area contributed by atoms with Gasteiger partial charge in [-0.3, -0.25) is 0 Å². The van der Waals surface area contributed by atoms with E-state index in [1.165, 1.54) is 11.8 Å². The van der Waals surface area contributed by atoms with Crippen LogP contribution in [0.1, 0.15) is 36.1 Å². The molecule has 0 radical (unpaired) electrons. The molecule has 1 aromatic heterocycles. The van der Waals surface area contributed by atoms with E-state index in [0.29, 0.717) is 57.1 Å². The fraction of sp³-hybridized carbons (Fsp3) is 0.565. The highest BCUT2D eigenvalue weighted by molar-refractivity contribution is 7.98. The first-order valence-electron chi connectivity index (χ1n) is 10.9. The molecule has 8 nitrogen and oxygen atoms in total. The topological polar surface area (TPSA) is 81.2 Å². The third kappa shape index (κ3) is 4.08. The number of aromatic nitrogens is 2. The molecule has 2 saturated heterocycles. The number of ether oxygens (including phenoxy) is 6. The van der Waals surface area contributed by atoms with Crippen molar-refractivity contribution >= 4 is 11.8 Å². The van der Waals surface area contributed by atoms with Gasteiger partial charge in [0.25, 0.3) is 0 Å². The van der Waals surface area contributed by atoms with Gasteiger partial charge in [-0.2, -0.15) is 4.98 Å². The molecule has 32 heavy (non-hydrogen) atoms. The Morgan fingerprint density at radius 1 is 1.00 bits per heavy atom. The molecule has 0 N–H and O–H groups in total. The Kier molecular flexibility index (Phi) is 6.26. The minimum atomic E-state index is -0.667. The molecular formula is C23H28N2O6S. The van der Waals surface area contributed by atoms with Gasteiger partial charge in [-0.05, 0) is 24.0 Å². The fourth-order valence-corrected chi connectivity index (χ4v) is 4.87. The normalized spacial score (nSPS) is 21.2. The second kappa shape index (κ2) is 9.15. The maximum absolute atomic E-state index is 6.09. The SMILES string of the molecule is COC1(c2cc(OCc3ccc4c(c3)OCCC43OCCO3)nc(SC)n2)CCOCC1. The van der Waals surface area contributed by atoms with Crippen LogP contribution in [0.4, 0.5) is 0 Å². The maximum Gasteiger partial charge on any atom is 0.218 e. The Morgan fingerprint density at radius 2 is 1.81 bits per heavy atom. The third-order valence-corrected chi connectivity index (χ3v) is 6.86. The molecule has 1 spiro atoms. The largest absolute Gasteiger partial charge is 0.493 e. The number of hydrogen-bond acceptors (Lipinski definition) is 9. The first kappa shape index (κ1) is 21.9. The van der Waals surface area contributed by atoms with E-state index >= 15 is 0 Å². The molecule has 1 aromatic carbocycles. The molecule has 2 aromatic rings. The van der Waals surface area contributed by atoms with Gasteiger partial charge < -0.3 is 28.4 Å². The van der Waals surface area contributed by atoms with E-state index in [4.69, 9.17) is 33.4 Å². The summed E-state index contributed by atoms with van der Waals surface area (Å²) in [5, 5.41) is 0.659. The molecule has 172 valence electrons. The van der Waals surface area contributed by atoms with Crippen LogP contribution in [0.25, 0.3) is 0 Å². The lowest BCUT2D eigenvalue weighted by atomic mass is 9.90. The first-order valence-corrected chi connectivity index (χ1v) is 12.1. The molecular weight excluding hydrogens is 432 g/mol. The Morgan fingerprint density at radius 3 is 2.56 bits per heavy atom. The predicted molar refractivity (Wildman–Crippen MR) is 117 cm³/mol. The van der Waals surface area contributed by atoms with Gasteiger partial charge in [-0.15, -0.1) is 0 Å².